The van der Waals surface area contributed by atoms with E-state index < -0.39 is 6.10 Å². The normalized spacial score (nSPS) is 22.8. The van der Waals surface area contributed by atoms with Crippen molar-refractivity contribution >= 4 is 5.91 Å². The van der Waals surface area contributed by atoms with Crippen LogP contribution in [0.1, 0.15) is 36.9 Å². The molecule has 1 fully saturated rings. The third-order valence-electron chi connectivity index (χ3n) is 5.13. The molecule has 0 spiro atoms. The van der Waals surface area contributed by atoms with E-state index in [-0.39, 0.29) is 18.1 Å². The molecule has 2 N–H and O–H groups in total. The number of rotatable bonds is 6. The van der Waals surface area contributed by atoms with Crippen LogP contribution in [0.4, 0.5) is 0 Å². The van der Waals surface area contributed by atoms with E-state index in [2.05, 4.69) is 10.4 Å². The van der Waals surface area contributed by atoms with E-state index in [0.717, 1.165) is 36.3 Å². The summed E-state index contributed by atoms with van der Waals surface area (Å²) in [5, 5.41) is 17.8. The van der Waals surface area contributed by atoms with Gasteiger partial charge in [0.25, 0.3) is 0 Å². The van der Waals surface area contributed by atoms with Gasteiger partial charge in [-0.25, -0.2) is 0 Å². The molecule has 3 rings (SSSR count). The molecule has 140 valence electrons. The Morgan fingerprint density at radius 2 is 2.12 bits per heavy atom. The number of aliphatic hydroxyl groups excluding tert-OH is 1. The van der Waals surface area contributed by atoms with Crippen molar-refractivity contribution in [1.82, 2.24) is 15.1 Å². The van der Waals surface area contributed by atoms with Gasteiger partial charge in [0, 0.05) is 19.2 Å². The monoisotopic (exact) mass is 357 g/mol. The van der Waals surface area contributed by atoms with Crippen molar-refractivity contribution in [2.75, 3.05) is 0 Å². The van der Waals surface area contributed by atoms with Gasteiger partial charge < -0.3 is 15.2 Å². The first kappa shape index (κ1) is 18.5. The Morgan fingerprint density at radius 3 is 2.81 bits per heavy atom. The number of aromatic nitrogens is 2. The fourth-order valence-electron chi connectivity index (χ4n) is 3.42. The van der Waals surface area contributed by atoms with Crippen molar-refractivity contribution in [3.63, 3.8) is 0 Å². The third kappa shape index (κ3) is 4.43. The smallest absolute Gasteiger partial charge is 0.220 e. The van der Waals surface area contributed by atoms with Gasteiger partial charge in [0.15, 0.2) is 0 Å². The summed E-state index contributed by atoms with van der Waals surface area (Å²) in [4.78, 5) is 12.3. The van der Waals surface area contributed by atoms with Crippen molar-refractivity contribution in [1.29, 1.82) is 0 Å². The number of nitrogens with one attached hydrogen (secondary N) is 1. The zero-order chi connectivity index (χ0) is 18.5. The van der Waals surface area contributed by atoms with Gasteiger partial charge in [-0.3, -0.25) is 9.48 Å². The highest BCUT2D eigenvalue weighted by molar-refractivity contribution is 5.76. The lowest BCUT2D eigenvalue weighted by Gasteiger charge is -2.35. The standard InChI is InChI=1S/C20H27N3O3/c1-14-15(13-21-23(14)2)11-12-19(24)22-17-9-6-10-18(20(17)25)26-16-7-4-3-5-8-16/h3-5,7-8,13,17-18,20,25H,6,9-12H2,1-2H3,(H,22,24)/t17-,18-,20-/m1/s1. The zero-order valence-electron chi connectivity index (χ0n) is 15.4. The molecule has 1 aromatic heterocycles. The van der Waals surface area contributed by atoms with Crippen LogP contribution in [-0.2, 0) is 18.3 Å². The van der Waals surface area contributed by atoms with Crippen LogP contribution in [0.3, 0.4) is 0 Å². The number of benzene rings is 1. The summed E-state index contributed by atoms with van der Waals surface area (Å²) < 4.78 is 7.72. The maximum Gasteiger partial charge on any atom is 0.220 e. The van der Waals surface area contributed by atoms with Crippen molar-refractivity contribution < 1.29 is 14.6 Å². The van der Waals surface area contributed by atoms with Crippen LogP contribution in [0.25, 0.3) is 0 Å². The van der Waals surface area contributed by atoms with E-state index in [4.69, 9.17) is 4.74 Å². The molecule has 1 aromatic carbocycles. The Kier molecular flexibility index (Phi) is 5.93. The lowest BCUT2D eigenvalue weighted by atomic mass is 9.89. The number of hydrogen-bond donors (Lipinski definition) is 2. The number of amides is 1. The predicted molar refractivity (Wildman–Crippen MR) is 98.9 cm³/mol. The van der Waals surface area contributed by atoms with Crippen molar-refractivity contribution in [2.45, 2.75) is 57.3 Å². The fraction of sp³-hybridized carbons (Fsp3) is 0.500. The Balaban J connectivity index is 1.51. The summed E-state index contributed by atoms with van der Waals surface area (Å²) in [5.41, 5.74) is 2.16. The average molecular weight is 357 g/mol. The van der Waals surface area contributed by atoms with E-state index in [1.807, 2.05) is 55.2 Å². The summed E-state index contributed by atoms with van der Waals surface area (Å²) in [7, 11) is 1.89. The van der Waals surface area contributed by atoms with E-state index in [1.54, 1.807) is 0 Å². The number of carbonyl (C=O) groups is 1. The molecule has 1 aliphatic carbocycles. The number of para-hydroxylation sites is 1. The lowest BCUT2D eigenvalue weighted by molar-refractivity contribution is -0.124. The quantitative estimate of drug-likeness (QED) is 0.830. The van der Waals surface area contributed by atoms with Gasteiger partial charge in [-0.05, 0) is 50.3 Å². The van der Waals surface area contributed by atoms with Gasteiger partial charge in [-0.2, -0.15) is 5.10 Å². The molecule has 0 unspecified atom stereocenters. The minimum Gasteiger partial charge on any atom is -0.488 e. The van der Waals surface area contributed by atoms with Crippen LogP contribution in [0, 0.1) is 6.92 Å². The molecular weight excluding hydrogens is 330 g/mol. The molecule has 0 radical (unpaired) electrons. The summed E-state index contributed by atoms with van der Waals surface area (Å²) in [6.45, 7) is 2.00. The maximum absolute atomic E-state index is 12.3. The third-order valence-corrected chi connectivity index (χ3v) is 5.13. The van der Waals surface area contributed by atoms with E-state index in [9.17, 15) is 9.90 Å². The van der Waals surface area contributed by atoms with E-state index in [0.29, 0.717) is 12.8 Å². The van der Waals surface area contributed by atoms with Crippen molar-refractivity contribution in [2.24, 2.45) is 7.05 Å². The molecule has 2 aromatic rings. The van der Waals surface area contributed by atoms with Crippen molar-refractivity contribution in [3.05, 3.63) is 47.8 Å². The number of aliphatic hydroxyl groups is 1. The number of hydrogen-bond acceptors (Lipinski definition) is 4. The number of carbonyl (C=O) groups excluding carboxylic acids is 1. The molecule has 1 heterocycles. The topological polar surface area (TPSA) is 76.4 Å². The van der Waals surface area contributed by atoms with Crippen LogP contribution in [0.5, 0.6) is 5.75 Å². The van der Waals surface area contributed by atoms with Crippen LogP contribution in [-0.4, -0.2) is 39.0 Å². The summed E-state index contributed by atoms with van der Waals surface area (Å²) in [6, 6.07) is 9.24. The molecule has 1 saturated carbocycles. The second kappa shape index (κ2) is 8.36. The number of ether oxygens (including phenoxy) is 1. The van der Waals surface area contributed by atoms with Crippen LogP contribution >= 0.6 is 0 Å². The summed E-state index contributed by atoms with van der Waals surface area (Å²) in [5.74, 6) is 0.702. The molecule has 1 amide bonds. The van der Waals surface area contributed by atoms with Gasteiger partial charge >= 0.3 is 0 Å². The van der Waals surface area contributed by atoms with Crippen molar-refractivity contribution in [3.8, 4) is 5.75 Å². The van der Waals surface area contributed by atoms with Crippen LogP contribution in [0.15, 0.2) is 36.5 Å². The number of aryl methyl sites for hydroxylation is 2. The second-order valence-electron chi connectivity index (χ2n) is 6.94. The van der Waals surface area contributed by atoms with Gasteiger partial charge in [0.1, 0.15) is 18.0 Å². The highest BCUT2D eigenvalue weighted by atomic mass is 16.5. The molecule has 6 heteroatoms. The molecule has 1 aliphatic rings. The summed E-state index contributed by atoms with van der Waals surface area (Å²) >= 11 is 0. The molecule has 6 nitrogen and oxygen atoms in total. The summed E-state index contributed by atoms with van der Waals surface area (Å²) in [6.07, 6.45) is 4.33. The molecular formula is C20H27N3O3. The molecule has 0 aliphatic heterocycles. The van der Waals surface area contributed by atoms with E-state index >= 15 is 0 Å². The predicted octanol–water partition coefficient (Wildman–Crippen LogP) is 2.14. The first-order chi connectivity index (χ1) is 12.5. The van der Waals surface area contributed by atoms with Crippen LogP contribution < -0.4 is 10.1 Å². The minimum atomic E-state index is -0.701. The zero-order valence-corrected chi connectivity index (χ0v) is 15.4. The fourth-order valence-corrected chi connectivity index (χ4v) is 3.42. The van der Waals surface area contributed by atoms with Gasteiger partial charge in [-0.1, -0.05) is 18.2 Å². The second-order valence-corrected chi connectivity index (χ2v) is 6.94. The van der Waals surface area contributed by atoms with Gasteiger partial charge in [0.05, 0.1) is 12.2 Å². The largest absolute Gasteiger partial charge is 0.488 e. The molecule has 26 heavy (non-hydrogen) atoms. The Morgan fingerprint density at radius 1 is 1.35 bits per heavy atom. The Bertz CT molecular complexity index is 729. The maximum atomic E-state index is 12.3. The molecule has 0 saturated heterocycles. The highest BCUT2D eigenvalue weighted by Crippen LogP contribution is 2.24. The SMILES string of the molecule is Cc1c(CCC(=O)N[C@@H]2CCC[C@@H](Oc3ccccc3)[C@@H]2O)cnn1C. The first-order valence-corrected chi connectivity index (χ1v) is 9.21. The number of nitrogens with zero attached hydrogens (tertiary/aromatic N) is 2. The average Bonchev–Trinajstić information content (AvgIpc) is 2.96. The van der Waals surface area contributed by atoms with Gasteiger partial charge in [-0.15, -0.1) is 0 Å². The van der Waals surface area contributed by atoms with Gasteiger partial charge in [0.2, 0.25) is 5.91 Å². The highest BCUT2D eigenvalue weighted by Gasteiger charge is 2.34. The Labute approximate surface area is 154 Å². The first-order valence-electron chi connectivity index (χ1n) is 9.21. The molecule has 0 bridgehead atoms. The Hall–Kier alpha value is -2.34. The van der Waals surface area contributed by atoms with E-state index in [1.165, 1.54) is 0 Å². The minimum absolute atomic E-state index is 0.0438. The lowest BCUT2D eigenvalue weighted by Crippen LogP contribution is -2.52. The van der Waals surface area contributed by atoms with Crippen LogP contribution in [0.2, 0.25) is 0 Å². The molecule has 3 atom stereocenters.